The molecule has 0 aliphatic heterocycles. The molecule has 0 heterocycles. The van der Waals surface area contributed by atoms with E-state index in [1.165, 1.54) is 70.6 Å². The number of hydrogen-bond donors (Lipinski definition) is 0. The van der Waals surface area contributed by atoms with Crippen molar-refractivity contribution in [2.45, 2.75) is 84.5 Å². The van der Waals surface area contributed by atoms with Gasteiger partial charge in [-0.3, -0.25) is 0 Å². The Kier molecular flexibility index (Phi) is 5.59. The van der Waals surface area contributed by atoms with Gasteiger partial charge in [-0.05, 0) is 31.1 Å². The molecule has 0 spiro atoms. The molecule has 0 saturated heterocycles. The van der Waals surface area contributed by atoms with Gasteiger partial charge >= 0.3 is 0 Å². The van der Waals surface area contributed by atoms with Gasteiger partial charge in [0.25, 0.3) is 0 Å². The average molecular weight is 196 g/mol. The Labute approximate surface area is 90.5 Å². The number of rotatable bonds is 6. The lowest BCUT2D eigenvalue weighted by molar-refractivity contribution is 0.150. The van der Waals surface area contributed by atoms with E-state index in [0.29, 0.717) is 0 Å². The molecule has 1 saturated carbocycles. The van der Waals surface area contributed by atoms with Crippen LogP contribution >= 0.6 is 0 Å². The highest BCUT2D eigenvalue weighted by molar-refractivity contribution is 4.82. The molecule has 84 valence electrons. The third-order valence-electron chi connectivity index (χ3n) is 4.01. The zero-order chi connectivity index (χ0) is 10.3. The largest absolute Gasteiger partial charge is 0.0654 e. The maximum Gasteiger partial charge on any atom is -0.0298 e. The lowest BCUT2D eigenvalue weighted by atomic mass is 9.68. The van der Waals surface area contributed by atoms with Crippen LogP contribution in [0.5, 0.6) is 0 Å². The monoisotopic (exact) mass is 196 g/mol. The first-order valence-corrected chi connectivity index (χ1v) is 6.83. The summed E-state index contributed by atoms with van der Waals surface area (Å²) < 4.78 is 0. The fourth-order valence-electron chi connectivity index (χ4n) is 3.21. The molecule has 0 amide bonds. The SMILES string of the molecule is CCCCCC1(CCC)CCCCC1. The Morgan fingerprint density at radius 1 is 0.786 bits per heavy atom. The summed E-state index contributed by atoms with van der Waals surface area (Å²) in [6, 6.07) is 0. The number of hydrogen-bond acceptors (Lipinski definition) is 0. The van der Waals surface area contributed by atoms with Crippen molar-refractivity contribution in [3.63, 3.8) is 0 Å². The fourth-order valence-corrected chi connectivity index (χ4v) is 3.21. The highest BCUT2D eigenvalue weighted by Crippen LogP contribution is 2.44. The van der Waals surface area contributed by atoms with Crippen LogP contribution in [-0.4, -0.2) is 0 Å². The standard InChI is InChI=1S/C14H28/c1-3-5-7-11-14(10-4-2)12-8-6-9-13-14/h3-13H2,1-2H3. The van der Waals surface area contributed by atoms with Crippen molar-refractivity contribution in [2.24, 2.45) is 5.41 Å². The van der Waals surface area contributed by atoms with E-state index in [9.17, 15) is 0 Å². The third-order valence-corrected chi connectivity index (χ3v) is 4.01. The van der Waals surface area contributed by atoms with Gasteiger partial charge in [-0.15, -0.1) is 0 Å². The molecule has 0 aromatic heterocycles. The Morgan fingerprint density at radius 2 is 1.50 bits per heavy atom. The van der Waals surface area contributed by atoms with E-state index in [1.54, 1.807) is 0 Å². The summed E-state index contributed by atoms with van der Waals surface area (Å²) in [5.41, 5.74) is 0.780. The van der Waals surface area contributed by atoms with Crippen molar-refractivity contribution in [1.82, 2.24) is 0 Å². The predicted octanol–water partition coefficient (Wildman–Crippen LogP) is 5.32. The molecular formula is C14H28. The summed E-state index contributed by atoms with van der Waals surface area (Å²) in [5, 5.41) is 0. The zero-order valence-corrected chi connectivity index (χ0v) is 10.3. The molecule has 0 heteroatoms. The average Bonchev–Trinajstić information content (AvgIpc) is 2.20. The summed E-state index contributed by atoms with van der Waals surface area (Å²) in [5.74, 6) is 0. The molecule has 1 aliphatic carbocycles. The molecule has 0 bridgehead atoms. The maximum atomic E-state index is 2.36. The van der Waals surface area contributed by atoms with Crippen molar-refractivity contribution in [3.05, 3.63) is 0 Å². The van der Waals surface area contributed by atoms with Crippen molar-refractivity contribution >= 4 is 0 Å². The van der Waals surface area contributed by atoms with Crippen molar-refractivity contribution in [3.8, 4) is 0 Å². The van der Waals surface area contributed by atoms with Crippen LogP contribution in [0.3, 0.4) is 0 Å². The molecule has 0 radical (unpaired) electrons. The van der Waals surface area contributed by atoms with E-state index in [2.05, 4.69) is 13.8 Å². The van der Waals surface area contributed by atoms with Crippen LogP contribution in [-0.2, 0) is 0 Å². The van der Waals surface area contributed by atoms with Gasteiger partial charge in [0.15, 0.2) is 0 Å². The van der Waals surface area contributed by atoms with Gasteiger partial charge in [0.2, 0.25) is 0 Å². The second kappa shape index (κ2) is 6.48. The van der Waals surface area contributed by atoms with Gasteiger partial charge in [0.05, 0.1) is 0 Å². The highest BCUT2D eigenvalue weighted by atomic mass is 14.3. The van der Waals surface area contributed by atoms with Gasteiger partial charge in [-0.1, -0.05) is 58.8 Å². The molecule has 1 rings (SSSR count). The minimum Gasteiger partial charge on any atom is -0.0654 e. The van der Waals surface area contributed by atoms with Gasteiger partial charge in [0.1, 0.15) is 0 Å². The van der Waals surface area contributed by atoms with Crippen molar-refractivity contribution in [2.75, 3.05) is 0 Å². The van der Waals surface area contributed by atoms with Crippen LogP contribution in [0, 0.1) is 5.41 Å². The Bertz CT molecular complexity index is 125. The smallest absolute Gasteiger partial charge is 0.0298 e. The van der Waals surface area contributed by atoms with E-state index in [0.717, 1.165) is 5.41 Å². The Morgan fingerprint density at radius 3 is 2.07 bits per heavy atom. The second-order valence-corrected chi connectivity index (χ2v) is 5.27. The van der Waals surface area contributed by atoms with Crippen molar-refractivity contribution < 1.29 is 0 Å². The molecule has 1 fully saturated rings. The highest BCUT2D eigenvalue weighted by Gasteiger charge is 2.29. The molecule has 0 unspecified atom stereocenters. The van der Waals surface area contributed by atoms with Gasteiger partial charge in [-0.2, -0.15) is 0 Å². The summed E-state index contributed by atoms with van der Waals surface area (Å²) in [4.78, 5) is 0. The quantitative estimate of drug-likeness (QED) is 0.504. The maximum absolute atomic E-state index is 2.36. The molecule has 0 aromatic carbocycles. The molecule has 0 N–H and O–H groups in total. The first-order chi connectivity index (χ1) is 6.83. The lowest BCUT2D eigenvalue weighted by Gasteiger charge is -2.37. The van der Waals surface area contributed by atoms with Gasteiger partial charge < -0.3 is 0 Å². The topological polar surface area (TPSA) is 0 Å². The fraction of sp³-hybridized carbons (Fsp3) is 1.00. The van der Waals surface area contributed by atoms with E-state index in [1.807, 2.05) is 0 Å². The Balaban J connectivity index is 2.34. The molecule has 0 nitrogen and oxygen atoms in total. The molecule has 0 aromatic rings. The molecule has 14 heavy (non-hydrogen) atoms. The van der Waals surface area contributed by atoms with Crippen LogP contribution in [0.4, 0.5) is 0 Å². The minimum atomic E-state index is 0.780. The van der Waals surface area contributed by atoms with Gasteiger partial charge in [0, 0.05) is 0 Å². The lowest BCUT2D eigenvalue weighted by Crippen LogP contribution is -2.23. The first kappa shape index (κ1) is 12.1. The predicted molar refractivity (Wildman–Crippen MR) is 64.6 cm³/mol. The van der Waals surface area contributed by atoms with Crippen LogP contribution in [0.25, 0.3) is 0 Å². The second-order valence-electron chi connectivity index (χ2n) is 5.27. The molecule has 0 atom stereocenters. The zero-order valence-electron chi connectivity index (χ0n) is 10.3. The van der Waals surface area contributed by atoms with E-state index >= 15 is 0 Å². The van der Waals surface area contributed by atoms with Gasteiger partial charge in [-0.25, -0.2) is 0 Å². The van der Waals surface area contributed by atoms with Crippen LogP contribution in [0.2, 0.25) is 0 Å². The third kappa shape index (κ3) is 3.63. The van der Waals surface area contributed by atoms with Crippen LogP contribution in [0.15, 0.2) is 0 Å². The van der Waals surface area contributed by atoms with E-state index in [-0.39, 0.29) is 0 Å². The summed E-state index contributed by atoms with van der Waals surface area (Å²) in [6.45, 7) is 4.67. The Hall–Kier alpha value is 0. The first-order valence-electron chi connectivity index (χ1n) is 6.83. The number of unbranched alkanes of at least 4 members (excludes halogenated alkanes) is 2. The van der Waals surface area contributed by atoms with Crippen LogP contribution < -0.4 is 0 Å². The normalized spacial score (nSPS) is 21.0. The molecular weight excluding hydrogens is 168 g/mol. The minimum absolute atomic E-state index is 0.780. The summed E-state index contributed by atoms with van der Waals surface area (Å²) >= 11 is 0. The summed E-state index contributed by atoms with van der Waals surface area (Å²) in [6.07, 6.45) is 16.3. The summed E-state index contributed by atoms with van der Waals surface area (Å²) in [7, 11) is 0. The molecule has 1 aliphatic rings. The van der Waals surface area contributed by atoms with Crippen LogP contribution in [0.1, 0.15) is 84.5 Å². The van der Waals surface area contributed by atoms with E-state index in [4.69, 9.17) is 0 Å². The van der Waals surface area contributed by atoms with Crippen molar-refractivity contribution in [1.29, 1.82) is 0 Å². The van der Waals surface area contributed by atoms with E-state index < -0.39 is 0 Å².